The van der Waals surface area contributed by atoms with E-state index in [1.165, 1.54) is 17.2 Å². The molecule has 2 atom stereocenters. The molecular formula is C20H20N4O3. The summed E-state index contributed by atoms with van der Waals surface area (Å²) >= 11 is 0. The first-order valence-electron chi connectivity index (χ1n) is 8.89. The van der Waals surface area contributed by atoms with Crippen LogP contribution in [0.3, 0.4) is 0 Å². The van der Waals surface area contributed by atoms with E-state index in [1.807, 2.05) is 23.1 Å². The van der Waals surface area contributed by atoms with Crippen molar-refractivity contribution in [2.75, 3.05) is 18.1 Å². The van der Waals surface area contributed by atoms with Crippen LogP contribution in [0.5, 0.6) is 5.75 Å². The number of nitriles is 1. The van der Waals surface area contributed by atoms with Crippen molar-refractivity contribution in [3.8, 4) is 11.8 Å². The summed E-state index contributed by atoms with van der Waals surface area (Å²) in [5.41, 5.74) is 4.41. The molecule has 0 aromatic heterocycles. The molecule has 1 heterocycles. The lowest BCUT2D eigenvalue weighted by Gasteiger charge is -2.25. The van der Waals surface area contributed by atoms with Crippen LogP contribution in [0.1, 0.15) is 40.9 Å². The zero-order valence-electron chi connectivity index (χ0n) is 14.7. The molecular weight excluding hydrogens is 344 g/mol. The Labute approximate surface area is 157 Å². The molecule has 2 unspecified atom stereocenters. The summed E-state index contributed by atoms with van der Waals surface area (Å²) in [6.07, 6.45) is 3.05. The van der Waals surface area contributed by atoms with Gasteiger partial charge in [-0.3, -0.25) is 4.90 Å². The zero-order valence-corrected chi connectivity index (χ0v) is 14.7. The standard InChI is InChI=1S/C20H20N4O3/c21-11-14-10-13(4-7-19(14)26)20-24(12-23-27-20)18-3-1-2-15-16(18)5-6-17(15)22-8-9-25/h1-4,7,10,12,17,20,22,25-26H,5-6,8-9H2. The third-order valence-electron chi connectivity index (χ3n) is 5.04. The molecule has 0 bridgehead atoms. The highest BCUT2D eigenvalue weighted by molar-refractivity contribution is 5.83. The number of oxime groups is 1. The van der Waals surface area contributed by atoms with Gasteiger partial charge < -0.3 is 20.4 Å². The number of nitrogens with one attached hydrogen (secondary N) is 1. The fourth-order valence-electron chi connectivity index (χ4n) is 3.78. The summed E-state index contributed by atoms with van der Waals surface area (Å²) in [4.78, 5) is 7.50. The lowest BCUT2D eigenvalue weighted by atomic mass is 10.0. The van der Waals surface area contributed by atoms with Gasteiger partial charge in [-0.2, -0.15) is 5.26 Å². The number of aliphatic hydroxyl groups excluding tert-OH is 1. The summed E-state index contributed by atoms with van der Waals surface area (Å²) in [5, 5.41) is 35.4. The second kappa shape index (κ2) is 7.27. The predicted octanol–water partition coefficient (Wildman–Crippen LogP) is 2.31. The summed E-state index contributed by atoms with van der Waals surface area (Å²) in [6, 6.07) is 13.2. The maximum absolute atomic E-state index is 9.75. The minimum atomic E-state index is -0.492. The minimum Gasteiger partial charge on any atom is -0.507 e. The van der Waals surface area contributed by atoms with Gasteiger partial charge in [0, 0.05) is 23.8 Å². The van der Waals surface area contributed by atoms with Gasteiger partial charge in [0.05, 0.1) is 12.2 Å². The molecule has 0 radical (unpaired) electrons. The summed E-state index contributed by atoms with van der Waals surface area (Å²) in [7, 11) is 0. The van der Waals surface area contributed by atoms with Gasteiger partial charge in [-0.05, 0) is 48.2 Å². The Morgan fingerprint density at radius 2 is 2.22 bits per heavy atom. The van der Waals surface area contributed by atoms with Gasteiger partial charge in [0.25, 0.3) is 0 Å². The van der Waals surface area contributed by atoms with Gasteiger partial charge >= 0.3 is 0 Å². The van der Waals surface area contributed by atoms with Gasteiger partial charge in [0.2, 0.25) is 6.23 Å². The lowest BCUT2D eigenvalue weighted by Crippen LogP contribution is -2.25. The molecule has 138 valence electrons. The maximum atomic E-state index is 9.75. The molecule has 2 aromatic carbocycles. The van der Waals surface area contributed by atoms with Gasteiger partial charge in [-0.25, -0.2) is 0 Å². The van der Waals surface area contributed by atoms with E-state index in [0.29, 0.717) is 6.54 Å². The third-order valence-corrected chi connectivity index (χ3v) is 5.04. The van der Waals surface area contributed by atoms with E-state index in [4.69, 9.17) is 9.94 Å². The smallest absolute Gasteiger partial charge is 0.231 e. The molecule has 2 aromatic rings. The van der Waals surface area contributed by atoms with E-state index in [1.54, 1.807) is 18.5 Å². The Balaban J connectivity index is 1.67. The van der Waals surface area contributed by atoms with Gasteiger partial charge in [-0.1, -0.05) is 17.3 Å². The summed E-state index contributed by atoms with van der Waals surface area (Å²) < 4.78 is 0. The highest BCUT2D eigenvalue weighted by Crippen LogP contribution is 2.41. The fraction of sp³-hybridized carbons (Fsp3) is 0.300. The fourth-order valence-corrected chi connectivity index (χ4v) is 3.78. The number of benzene rings is 2. The topological polar surface area (TPSA) is 101 Å². The van der Waals surface area contributed by atoms with Crippen molar-refractivity contribution in [3.63, 3.8) is 0 Å². The van der Waals surface area contributed by atoms with Gasteiger partial charge in [0.15, 0.2) is 0 Å². The van der Waals surface area contributed by atoms with Gasteiger partial charge in [-0.15, -0.1) is 0 Å². The number of aromatic hydroxyl groups is 1. The molecule has 1 aliphatic heterocycles. The number of phenolic OH excluding ortho intramolecular Hbond substituents is 1. The first-order valence-corrected chi connectivity index (χ1v) is 8.89. The van der Waals surface area contributed by atoms with Crippen LogP contribution in [0.4, 0.5) is 5.69 Å². The Kier molecular flexibility index (Phi) is 4.67. The van der Waals surface area contributed by atoms with Crippen LogP contribution in [0.2, 0.25) is 0 Å². The van der Waals surface area contributed by atoms with Crippen molar-refractivity contribution in [3.05, 3.63) is 58.7 Å². The van der Waals surface area contributed by atoms with E-state index in [2.05, 4.69) is 16.5 Å². The minimum absolute atomic E-state index is 0.0508. The van der Waals surface area contributed by atoms with Gasteiger partial charge in [0.1, 0.15) is 18.2 Å². The molecule has 0 fully saturated rings. The number of rotatable bonds is 5. The van der Waals surface area contributed by atoms with Crippen LogP contribution in [-0.4, -0.2) is 29.7 Å². The van der Waals surface area contributed by atoms with E-state index in [9.17, 15) is 10.4 Å². The number of hydrogen-bond donors (Lipinski definition) is 3. The van der Waals surface area contributed by atoms with Crippen LogP contribution in [0.15, 0.2) is 41.6 Å². The van der Waals surface area contributed by atoms with Crippen molar-refractivity contribution in [1.29, 1.82) is 5.26 Å². The largest absolute Gasteiger partial charge is 0.507 e. The van der Waals surface area contributed by atoms with Crippen molar-refractivity contribution >= 4 is 12.0 Å². The van der Waals surface area contributed by atoms with Crippen LogP contribution < -0.4 is 10.2 Å². The number of fused-ring (bicyclic) bond motifs is 1. The van der Waals surface area contributed by atoms with E-state index in [0.717, 1.165) is 24.1 Å². The molecule has 1 aliphatic carbocycles. The first-order chi connectivity index (χ1) is 13.2. The average Bonchev–Trinajstić information content (AvgIpc) is 3.34. The molecule has 0 saturated carbocycles. The van der Waals surface area contributed by atoms with Crippen LogP contribution in [-0.2, 0) is 11.3 Å². The third kappa shape index (κ3) is 3.10. The summed E-state index contributed by atoms with van der Waals surface area (Å²) in [6.45, 7) is 0.679. The number of hydrogen-bond acceptors (Lipinski definition) is 7. The van der Waals surface area contributed by atoms with Crippen LogP contribution >= 0.6 is 0 Å². The van der Waals surface area contributed by atoms with Crippen LogP contribution in [0.25, 0.3) is 0 Å². The van der Waals surface area contributed by atoms with Crippen molar-refractivity contribution in [2.24, 2.45) is 5.16 Å². The monoisotopic (exact) mass is 364 g/mol. The number of phenols is 1. The van der Waals surface area contributed by atoms with Crippen LogP contribution in [0, 0.1) is 11.3 Å². The molecule has 2 aliphatic rings. The van der Waals surface area contributed by atoms with E-state index >= 15 is 0 Å². The molecule has 3 N–H and O–H groups in total. The number of anilines is 1. The quantitative estimate of drug-likeness (QED) is 0.753. The Hall–Kier alpha value is -3.08. The zero-order chi connectivity index (χ0) is 18.8. The lowest BCUT2D eigenvalue weighted by molar-refractivity contribution is 0.0867. The SMILES string of the molecule is N#Cc1cc(C2ON=CN2c2cccc3c2CCC3NCCO)ccc1O. The first kappa shape index (κ1) is 17.3. The summed E-state index contributed by atoms with van der Waals surface area (Å²) in [5.74, 6) is -0.0508. The number of aliphatic hydroxyl groups is 1. The average molecular weight is 364 g/mol. The van der Waals surface area contributed by atoms with Crippen molar-refractivity contribution in [1.82, 2.24) is 5.32 Å². The van der Waals surface area contributed by atoms with E-state index < -0.39 is 6.23 Å². The molecule has 4 rings (SSSR count). The Morgan fingerprint density at radius 3 is 3.04 bits per heavy atom. The highest BCUT2D eigenvalue weighted by atomic mass is 16.7. The predicted molar refractivity (Wildman–Crippen MR) is 100 cm³/mol. The van der Waals surface area contributed by atoms with Crippen molar-refractivity contribution in [2.45, 2.75) is 25.1 Å². The highest BCUT2D eigenvalue weighted by Gasteiger charge is 2.32. The number of nitrogens with zero attached hydrogens (tertiary/aromatic N) is 3. The van der Waals surface area contributed by atoms with E-state index in [-0.39, 0.29) is 24.0 Å². The molecule has 0 spiro atoms. The molecule has 0 saturated heterocycles. The Bertz CT molecular complexity index is 922. The molecule has 7 heteroatoms. The molecule has 27 heavy (non-hydrogen) atoms. The second-order valence-corrected chi connectivity index (χ2v) is 6.59. The molecule has 7 nitrogen and oxygen atoms in total. The normalized spacial score (nSPS) is 20.4. The maximum Gasteiger partial charge on any atom is 0.231 e. The van der Waals surface area contributed by atoms with Crippen molar-refractivity contribution < 1.29 is 15.1 Å². The Morgan fingerprint density at radius 1 is 1.33 bits per heavy atom. The molecule has 0 amide bonds. The second-order valence-electron chi connectivity index (χ2n) is 6.59.